The zero-order chi connectivity index (χ0) is 18.0. The van der Waals surface area contributed by atoms with Crippen molar-refractivity contribution >= 4 is 16.8 Å². The van der Waals surface area contributed by atoms with Gasteiger partial charge in [0.05, 0.1) is 19.8 Å². The lowest BCUT2D eigenvalue weighted by Gasteiger charge is -2.44. The number of nitrogens with zero attached hydrogens (tertiary/aromatic N) is 1. The second kappa shape index (κ2) is 7.06. The van der Waals surface area contributed by atoms with Gasteiger partial charge in [-0.05, 0) is 37.1 Å². The van der Waals surface area contributed by atoms with E-state index in [4.69, 9.17) is 4.74 Å². The minimum Gasteiger partial charge on any atom is -0.497 e. The van der Waals surface area contributed by atoms with E-state index in [-0.39, 0.29) is 19.1 Å². The number of aliphatic hydroxyl groups is 2. The minimum atomic E-state index is -0.709. The molecule has 1 aromatic heterocycles. The maximum Gasteiger partial charge on any atom is 0.270 e. The molecule has 1 saturated heterocycles. The molecule has 2 atom stereocenters. The predicted molar refractivity (Wildman–Crippen MR) is 95.8 cm³/mol. The zero-order valence-corrected chi connectivity index (χ0v) is 14.8. The lowest BCUT2D eigenvalue weighted by Crippen LogP contribution is -2.54. The molecule has 0 saturated carbocycles. The summed E-state index contributed by atoms with van der Waals surface area (Å²) in [7, 11) is 1.61. The van der Waals surface area contributed by atoms with Gasteiger partial charge < -0.3 is 24.8 Å². The third-order valence-electron chi connectivity index (χ3n) is 5.39. The predicted octanol–water partition coefficient (Wildman–Crippen LogP) is 2.16. The number of fused-ring (bicyclic) bond motifs is 1. The first-order valence-electron chi connectivity index (χ1n) is 8.78. The van der Waals surface area contributed by atoms with Crippen molar-refractivity contribution in [1.82, 2.24) is 9.88 Å². The van der Waals surface area contributed by atoms with E-state index in [1.807, 2.05) is 31.2 Å². The standard InChI is InChI=1S/C19H26N2O4/c1-3-6-19(12-22)7-8-21(11-17(19)23)18(24)16-10-13-9-14(25-2)4-5-15(13)20-16/h4-5,9-10,17,20,22-23H,3,6-8,11-12H2,1-2H3/t17-,19-/m1/s1. The van der Waals surface area contributed by atoms with Crippen LogP contribution in [0.2, 0.25) is 0 Å². The Morgan fingerprint density at radius 1 is 1.44 bits per heavy atom. The van der Waals surface area contributed by atoms with Crippen molar-refractivity contribution < 1.29 is 19.7 Å². The molecule has 1 aromatic carbocycles. The number of aromatic nitrogens is 1. The maximum absolute atomic E-state index is 12.8. The van der Waals surface area contributed by atoms with Gasteiger partial charge in [-0.25, -0.2) is 0 Å². The number of benzene rings is 1. The van der Waals surface area contributed by atoms with Crippen molar-refractivity contribution in [1.29, 1.82) is 0 Å². The molecule has 6 heteroatoms. The van der Waals surface area contributed by atoms with E-state index >= 15 is 0 Å². The molecular formula is C19H26N2O4. The Hall–Kier alpha value is -2.05. The van der Waals surface area contributed by atoms with E-state index < -0.39 is 11.5 Å². The number of methoxy groups -OCH3 is 1. The zero-order valence-electron chi connectivity index (χ0n) is 14.8. The van der Waals surface area contributed by atoms with Crippen LogP contribution >= 0.6 is 0 Å². The third kappa shape index (κ3) is 3.24. The summed E-state index contributed by atoms with van der Waals surface area (Å²) < 4.78 is 5.21. The van der Waals surface area contributed by atoms with E-state index in [1.54, 1.807) is 12.0 Å². The van der Waals surface area contributed by atoms with Crippen LogP contribution in [-0.4, -0.2) is 58.9 Å². The SMILES string of the molecule is CCC[C@]1(CO)CCN(C(=O)c2cc3cc(OC)ccc3[nH]2)C[C@H]1O. The van der Waals surface area contributed by atoms with Gasteiger partial charge in [0.1, 0.15) is 11.4 Å². The number of aliphatic hydroxyl groups excluding tert-OH is 2. The first-order valence-corrected chi connectivity index (χ1v) is 8.78. The van der Waals surface area contributed by atoms with E-state index in [2.05, 4.69) is 4.98 Å². The molecular weight excluding hydrogens is 320 g/mol. The summed E-state index contributed by atoms with van der Waals surface area (Å²) in [6.07, 6.45) is 1.56. The Labute approximate surface area is 147 Å². The van der Waals surface area contributed by atoms with Crippen LogP contribution in [-0.2, 0) is 0 Å². The summed E-state index contributed by atoms with van der Waals surface area (Å²) in [5.74, 6) is 0.614. The van der Waals surface area contributed by atoms with Gasteiger partial charge in [0, 0.05) is 29.4 Å². The third-order valence-corrected chi connectivity index (χ3v) is 5.39. The Morgan fingerprint density at radius 2 is 2.24 bits per heavy atom. The molecule has 2 heterocycles. The Balaban J connectivity index is 1.78. The fourth-order valence-electron chi connectivity index (χ4n) is 3.78. The summed E-state index contributed by atoms with van der Waals surface area (Å²) in [4.78, 5) is 17.6. The molecule has 136 valence electrons. The number of β-amino-alcohol motifs (C(OH)–C–C–N with tert-alkyl or cyclic N) is 1. The summed E-state index contributed by atoms with van der Waals surface area (Å²) in [6.45, 7) is 2.78. The van der Waals surface area contributed by atoms with Gasteiger partial charge in [0.15, 0.2) is 0 Å². The Morgan fingerprint density at radius 3 is 2.88 bits per heavy atom. The molecule has 3 rings (SSSR count). The van der Waals surface area contributed by atoms with Crippen molar-refractivity contribution in [2.75, 3.05) is 26.8 Å². The first kappa shape index (κ1) is 17.8. The van der Waals surface area contributed by atoms with Crippen LogP contribution in [0.4, 0.5) is 0 Å². The average Bonchev–Trinajstić information content (AvgIpc) is 3.06. The number of rotatable bonds is 5. The topological polar surface area (TPSA) is 85.8 Å². The highest BCUT2D eigenvalue weighted by atomic mass is 16.5. The molecule has 6 nitrogen and oxygen atoms in total. The largest absolute Gasteiger partial charge is 0.497 e. The Bertz CT molecular complexity index is 757. The Kier molecular flexibility index (Phi) is 5.01. The van der Waals surface area contributed by atoms with Crippen LogP contribution in [0.25, 0.3) is 10.9 Å². The quantitative estimate of drug-likeness (QED) is 0.774. The summed E-state index contributed by atoms with van der Waals surface area (Å²) in [6, 6.07) is 7.42. The summed E-state index contributed by atoms with van der Waals surface area (Å²) >= 11 is 0. The molecule has 2 aromatic rings. The monoisotopic (exact) mass is 346 g/mol. The van der Waals surface area contributed by atoms with Gasteiger partial charge in [-0.2, -0.15) is 0 Å². The number of aromatic amines is 1. The fourth-order valence-corrected chi connectivity index (χ4v) is 3.78. The number of H-pyrrole nitrogens is 1. The van der Waals surface area contributed by atoms with Crippen LogP contribution in [0.3, 0.4) is 0 Å². The van der Waals surface area contributed by atoms with Crippen LogP contribution in [0, 0.1) is 5.41 Å². The van der Waals surface area contributed by atoms with Crippen molar-refractivity contribution in [3.8, 4) is 5.75 Å². The molecule has 25 heavy (non-hydrogen) atoms. The number of carbonyl (C=O) groups is 1. The van der Waals surface area contributed by atoms with Crippen LogP contribution < -0.4 is 4.74 Å². The highest BCUT2D eigenvalue weighted by molar-refractivity contribution is 5.98. The average molecular weight is 346 g/mol. The second-order valence-electron chi connectivity index (χ2n) is 6.92. The number of amides is 1. The number of ether oxygens (including phenoxy) is 1. The lowest BCUT2D eigenvalue weighted by atomic mass is 9.73. The van der Waals surface area contributed by atoms with Crippen molar-refractivity contribution in [3.63, 3.8) is 0 Å². The van der Waals surface area contributed by atoms with E-state index in [0.29, 0.717) is 18.7 Å². The van der Waals surface area contributed by atoms with Gasteiger partial charge >= 0.3 is 0 Å². The molecule has 1 fully saturated rings. The van der Waals surface area contributed by atoms with Gasteiger partial charge in [-0.1, -0.05) is 13.3 Å². The van der Waals surface area contributed by atoms with E-state index in [1.165, 1.54) is 0 Å². The highest BCUT2D eigenvalue weighted by Crippen LogP contribution is 2.36. The number of hydrogen-bond donors (Lipinski definition) is 3. The highest BCUT2D eigenvalue weighted by Gasteiger charge is 2.42. The van der Waals surface area contributed by atoms with Gasteiger partial charge in [-0.15, -0.1) is 0 Å². The minimum absolute atomic E-state index is 0.0454. The molecule has 0 aliphatic carbocycles. The first-order chi connectivity index (χ1) is 12.0. The number of nitrogens with one attached hydrogen (secondary N) is 1. The normalized spacial score (nSPS) is 23.8. The fraction of sp³-hybridized carbons (Fsp3) is 0.526. The molecule has 0 spiro atoms. The van der Waals surface area contributed by atoms with Gasteiger partial charge in [-0.3, -0.25) is 4.79 Å². The molecule has 0 bridgehead atoms. The summed E-state index contributed by atoms with van der Waals surface area (Å²) in [5, 5.41) is 21.2. The van der Waals surface area contributed by atoms with E-state index in [0.717, 1.165) is 29.5 Å². The van der Waals surface area contributed by atoms with Crippen LogP contribution in [0.5, 0.6) is 5.75 Å². The van der Waals surface area contributed by atoms with Crippen LogP contribution in [0.15, 0.2) is 24.3 Å². The maximum atomic E-state index is 12.8. The second-order valence-corrected chi connectivity index (χ2v) is 6.92. The van der Waals surface area contributed by atoms with Crippen molar-refractivity contribution in [3.05, 3.63) is 30.0 Å². The van der Waals surface area contributed by atoms with Crippen molar-refractivity contribution in [2.24, 2.45) is 5.41 Å². The van der Waals surface area contributed by atoms with E-state index in [9.17, 15) is 15.0 Å². The van der Waals surface area contributed by atoms with Crippen LogP contribution in [0.1, 0.15) is 36.7 Å². The summed E-state index contributed by atoms with van der Waals surface area (Å²) in [5.41, 5.74) is 0.888. The molecule has 1 amide bonds. The molecule has 1 aliphatic heterocycles. The van der Waals surface area contributed by atoms with Crippen molar-refractivity contribution in [2.45, 2.75) is 32.3 Å². The number of carbonyl (C=O) groups excluding carboxylic acids is 1. The number of hydrogen-bond acceptors (Lipinski definition) is 4. The molecule has 0 radical (unpaired) electrons. The van der Waals surface area contributed by atoms with Gasteiger partial charge in [0.2, 0.25) is 0 Å². The number of likely N-dealkylation sites (tertiary alicyclic amines) is 1. The smallest absolute Gasteiger partial charge is 0.270 e. The van der Waals surface area contributed by atoms with Gasteiger partial charge in [0.25, 0.3) is 5.91 Å². The molecule has 0 unspecified atom stereocenters. The lowest BCUT2D eigenvalue weighted by molar-refractivity contribution is -0.0714. The number of piperidine rings is 1. The molecule has 3 N–H and O–H groups in total. The molecule has 1 aliphatic rings.